The van der Waals surface area contributed by atoms with Gasteiger partial charge in [0.25, 0.3) is 0 Å². The summed E-state index contributed by atoms with van der Waals surface area (Å²) in [5, 5.41) is 7.83. The summed E-state index contributed by atoms with van der Waals surface area (Å²) in [5.41, 5.74) is 9.62. The molecule has 5 rings (SSSR count). The number of rotatable bonds is 6. The second-order valence-electron chi connectivity index (χ2n) is 7.13. The molecule has 0 fully saturated rings. The molecule has 6 nitrogen and oxygen atoms in total. The van der Waals surface area contributed by atoms with E-state index in [0.717, 1.165) is 16.7 Å². The summed E-state index contributed by atoms with van der Waals surface area (Å²) in [6.07, 6.45) is 3.66. The molecular formula is C22H19N5OS. The Kier molecular flexibility index (Phi) is 4.44. The van der Waals surface area contributed by atoms with Gasteiger partial charge in [-0.25, -0.2) is 0 Å². The summed E-state index contributed by atoms with van der Waals surface area (Å²) >= 11 is 1.76. The average Bonchev–Trinajstić information content (AvgIpc) is 3.46. The van der Waals surface area contributed by atoms with Crippen LogP contribution in [0.4, 0.5) is 5.95 Å². The molecule has 0 saturated carbocycles. The minimum Gasteiger partial charge on any atom is -0.367 e. The average molecular weight is 401 g/mol. The fourth-order valence-corrected chi connectivity index (χ4v) is 4.81. The van der Waals surface area contributed by atoms with Crippen molar-refractivity contribution in [2.24, 2.45) is 4.99 Å². The molecule has 0 spiro atoms. The highest BCUT2D eigenvalue weighted by atomic mass is 32.1. The third-order valence-electron chi connectivity index (χ3n) is 5.14. The van der Waals surface area contributed by atoms with E-state index < -0.39 is 0 Å². The molecule has 7 heteroatoms. The molecule has 3 N–H and O–H groups in total. The van der Waals surface area contributed by atoms with Crippen LogP contribution in [0.5, 0.6) is 0 Å². The van der Waals surface area contributed by atoms with E-state index in [-0.39, 0.29) is 11.7 Å². The third kappa shape index (κ3) is 3.45. The summed E-state index contributed by atoms with van der Waals surface area (Å²) in [5.74, 6) is 1.07. The number of hydrogen-bond donors (Lipinski definition) is 2. The largest absolute Gasteiger partial charge is 0.367 e. The zero-order valence-corrected chi connectivity index (χ0v) is 16.5. The summed E-state index contributed by atoms with van der Waals surface area (Å²) in [6.45, 7) is 0.667. The quantitative estimate of drug-likeness (QED) is 0.468. The zero-order chi connectivity index (χ0) is 19.8. The van der Waals surface area contributed by atoms with Crippen LogP contribution in [0.1, 0.15) is 40.2 Å². The van der Waals surface area contributed by atoms with E-state index >= 15 is 0 Å². The van der Waals surface area contributed by atoms with E-state index in [2.05, 4.69) is 50.5 Å². The predicted molar refractivity (Wildman–Crippen MR) is 117 cm³/mol. The van der Waals surface area contributed by atoms with E-state index in [1.807, 2.05) is 18.3 Å². The van der Waals surface area contributed by atoms with Crippen molar-refractivity contribution in [1.82, 2.24) is 15.2 Å². The van der Waals surface area contributed by atoms with Crippen LogP contribution in [0.25, 0.3) is 20.5 Å². The number of fused-ring (bicyclic) bond motifs is 2. The van der Waals surface area contributed by atoms with Gasteiger partial charge < -0.3 is 5.73 Å². The van der Waals surface area contributed by atoms with Gasteiger partial charge in [0.2, 0.25) is 5.95 Å². The number of H-pyrrole nitrogens is 1. The Morgan fingerprint density at radius 2 is 2.10 bits per heavy atom. The van der Waals surface area contributed by atoms with Crippen LogP contribution in [0.3, 0.4) is 0 Å². The first kappa shape index (κ1) is 17.8. The highest BCUT2D eigenvalue weighted by Gasteiger charge is 2.19. The minimum atomic E-state index is 0.128. The van der Waals surface area contributed by atoms with Crippen molar-refractivity contribution in [2.75, 3.05) is 5.73 Å². The first-order valence-corrected chi connectivity index (χ1v) is 10.3. The molecule has 0 unspecified atom stereocenters. The molecule has 0 aliphatic carbocycles. The van der Waals surface area contributed by atoms with Crippen LogP contribution >= 0.6 is 11.3 Å². The Hall–Kier alpha value is -3.32. The van der Waals surface area contributed by atoms with Crippen LogP contribution < -0.4 is 5.73 Å². The zero-order valence-electron chi connectivity index (χ0n) is 15.7. The Morgan fingerprint density at radius 3 is 2.93 bits per heavy atom. The number of aryl methyl sites for hydroxylation is 1. The number of nitrogens with zero attached hydrogens (tertiary/aromatic N) is 3. The second-order valence-corrected chi connectivity index (χ2v) is 8.21. The summed E-state index contributed by atoms with van der Waals surface area (Å²) < 4.78 is 1.25. The summed E-state index contributed by atoms with van der Waals surface area (Å²) in [7, 11) is 0. The van der Waals surface area contributed by atoms with Crippen molar-refractivity contribution >= 4 is 39.4 Å². The normalized spacial score (nSPS) is 12.6. The lowest BCUT2D eigenvalue weighted by atomic mass is 9.95. The van der Waals surface area contributed by atoms with E-state index in [9.17, 15) is 4.79 Å². The van der Waals surface area contributed by atoms with E-state index in [0.29, 0.717) is 31.6 Å². The lowest BCUT2D eigenvalue weighted by Gasteiger charge is -2.09. The maximum absolute atomic E-state index is 12.9. The number of carbonyl (C=O) groups excluding carboxylic acids is 1. The maximum Gasteiger partial charge on any atom is 0.239 e. The lowest BCUT2D eigenvalue weighted by Crippen LogP contribution is -2.03. The molecule has 0 atom stereocenters. The molecular weight excluding hydrogens is 382 g/mol. The molecule has 0 amide bonds. The van der Waals surface area contributed by atoms with Crippen molar-refractivity contribution < 1.29 is 4.79 Å². The molecule has 1 aliphatic rings. The first-order valence-electron chi connectivity index (χ1n) is 9.53. The Labute approximate surface area is 171 Å². The number of ketones is 1. The minimum absolute atomic E-state index is 0.128. The van der Waals surface area contributed by atoms with Crippen LogP contribution in [0, 0.1) is 0 Å². The van der Waals surface area contributed by atoms with Gasteiger partial charge in [0.05, 0.1) is 6.54 Å². The fourth-order valence-electron chi connectivity index (χ4n) is 3.70. The number of hydrogen-bond acceptors (Lipinski definition) is 6. The maximum atomic E-state index is 12.9. The molecule has 4 aromatic rings. The fraction of sp³-hybridized carbons (Fsp3) is 0.182. The molecule has 1 aliphatic heterocycles. The molecule has 3 heterocycles. The lowest BCUT2D eigenvalue weighted by molar-refractivity contribution is 0.0980. The van der Waals surface area contributed by atoms with Crippen LogP contribution in [-0.4, -0.2) is 27.2 Å². The van der Waals surface area contributed by atoms with Crippen LogP contribution in [-0.2, 0) is 13.0 Å². The summed E-state index contributed by atoms with van der Waals surface area (Å²) in [6, 6.07) is 14.6. The number of thiophene rings is 1. The van der Waals surface area contributed by atoms with Gasteiger partial charge >= 0.3 is 0 Å². The molecule has 2 aromatic heterocycles. The molecule has 0 bridgehead atoms. The molecule has 0 radical (unpaired) electrons. The van der Waals surface area contributed by atoms with Crippen molar-refractivity contribution in [3.05, 3.63) is 65.0 Å². The molecule has 29 heavy (non-hydrogen) atoms. The van der Waals surface area contributed by atoms with Crippen molar-refractivity contribution in [2.45, 2.75) is 25.8 Å². The molecule has 144 valence electrons. The number of nitrogen functional groups attached to an aromatic ring is 1. The number of aromatic amines is 1. The van der Waals surface area contributed by atoms with Crippen molar-refractivity contribution in [3.8, 4) is 10.4 Å². The van der Waals surface area contributed by atoms with E-state index in [1.165, 1.54) is 20.5 Å². The first-order chi connectivity index (χ1) is 14.2. The topological polar surface area (TPSA) is 97.0 Å². The third-order valence-corrected chi connectivity index (χ3v) is 6.29. The van der Waals surface area contributed by atoms with Crippen LogP contribution in [0.2, 0.25) is 0 Å². The number of aliphatic imine (C=N–C) groups is 1. The van der Waals surface area contributed by atoms with E-state index in [4.69, 9.17) is 5.73 Å². The number of benzene rings is 2. The van der Waals surface area contributed by atoms with Gasteiger partial charge in [-0.1, -0.05) is 18.2 Å². The second kappa shape index (κ2) is 7.25. The molecule has 0 saturated heterocycles. The van der Waals surface area contributed by atoms with Crippen molar-refractivity contribution in [3.63, 3.8) is 0 Å². The van der Waals surface area contributed by atoms with Gasteiger partial charge in [-0.2, -0.15) is 4.98 Å². The number of carbonyl (C=O) groups is 1. The van der Waals surface area contributed by atoms with E-state index in [1.54, 1.807) is 11.3 Å². The van der Waals surface area contributed by atoms with Gasteiger partial charge in [0.15, 0.2) is 5.78 Å². The highest BCUT2D eigenvalue weighted by Crippen LogP contribution is 2.38. The van der Waals surface area contributed by atoms with Gasteiger partial charge in [-0.15, -0.1) is 16.4 Å². The van der Waals surface area contributed by atoms with Gasteiger partial charge in [0, 0.05) is 34.2 Å². The molecule has 2 aromatic carbocycles. The number of nitrogens with one attached hydrogen (secondary N) is 1. The smallest absolute Gasteiger partial charge is 0.239 e. The SMILES string of the molecule is Nc1n[nH]c(CCCC(=O)c2cc3c(c(-c4cc5ccccc5s4)c2)CN=C3)n1. The van der Waals surface area contributed by atoms with Gasteiger partial charge in [0.1, 0.15) is 5.82 Å². The Morgan fingerprint density at radius 1 is 1.21 bits per heavy atom. The number of nitrogens with two attached hydrogens (primary N) is 1. The van der Waals surface area contributed by atoms with Gasteiger partial charge in [-0.05, 0) is 52.8 Å². The monoisotopic (exact) mass is 401 g/mol. The Balaban J connectivity index is 1.42. The number of aromatic nitrogens is 3. The Bertz CT molecular complexity index is 1220. The van der Waals surface area contributed by atoms with Crippen molar-refractivity contribution in [1.29, 1.82) is 0 Å². The number of Topliss-reactive ketones (excluding diaryl/α,β-unsaturated/α-hetero) is 1. The number of anilines is 1. The van der Waals surface area contributed by atoms with Gasteiger partial charge in [-0.3, -0.25) is 14.9 Å². The predicted octanol–water partition coefficient (Wildman–Crippen LogP) is 4.41. The standard InChI is InChI=1S/C22H19N5OS/c23-22-25-21(26-27-22)7-3-5-18(28)14-8-15-11-24-12-17(15)16(9-14)20-10-13-4-1-2-6-19(13)29-20/h1-2,4,6,8-11H,3,5,7,12H2,(H3,23,25,26,27). The summed E-state index contributed by atoms with van der Waals surface area (Å²) in [4.78, 5) is 22.6. The highest BCUT2D eigenvalue weighted by molar-refractivity contribution is 7.22. The van der Waals surface area contributed by atoms with Crippen LogP contribution in [0.15, 0.2) is 47.5 Å².